The molecule has 4 rings (SSSR count). The van der Waals surface area contributed by atoms with Crippen LogP contribution in [0.3, 0.4) is 0 Å². The zero-order chi connectivity index (χ0) is 27.0. The van der Waals surface area contributed by atoms with Gasteiger partial charge in [0.2, 0.25) is 11.8 Å². The Labute approximate surface area is 217 Å². The summed E-state index contributed by atoms with van der Waals surface area (Å²) in [6.45, 7) is 7.18. The van der Waals surface area contributed by atoms with Crippen molar-refractivity contribution in [2.45, 2.75) is 63.6 Å². The summed E-state index contributed by atoms with van der Waals surface area (Å²) in [6, 6.07) is 15.9. The molecule has 0 unspecified atom stereocenters. The zero-order valence-electron chi connectivity index (χ0n) is 21.5. The Bertz CT molecular complexity index is 1440. The predicted molar refractivity (Wildman–Crippen MR) is 142 cm³/mol. The Morgan fingerprint density at radius 1 is 1.03 bits per heavy atom. The third-order valence-corrected chi connectivity index (χ3v) is 8.25. The summed E-state index contributed by atoms with van der Waals surface area (Å²) < 4.78 is 42.2. The van der Waals surface area contributed by atoms with Gasteiger partial charge in [-0.2, -0.15) is 0 Å². The molecule has 1 aliphatic heterocycles. The van der Waals surface area contributed by atoms with E-state index in [9.17, 15) is 22.4 Å². The average molecular weight is 526 g/mol. The van der Waals surface area contributed by atoms with Crippen LogP contribution in [0.1, 0.15) is 46.1 Å². The van der Waals surface area contributed by atoms with Gasteiger partial charge in [-0.15, -0.1) is 0 Å². The number of sulfonamides is 1. The van der Waals surface area contributed by atoms with Crippen LogP contribution in [0.4, 0.5) is 10.1 Å². The highest BCUT2D eigenvalue weighted by molar-refractivity contribution is 7.93. The molecule has 1 aliphatic rings. The summed E-state index contributed by atoms with van der Waals surface area (Å²) in [7, 11) is -3.73. The van der Waals surface area contributed by atoms with Crippen molar-refractivity contribution in [1.82, 2.24) is 10.2 Å². The highest BCUT2D eigenvalue weighted by Gasteiger charge is 2.35. The first-order chi connectivity index (χ1) is 17.4. The van der Waals surface area contributed by atoms with Crippen LogP contribution in [0.25, 0.3) is 10.8 Å². The Hall–Kier alpha value is -3.46. The standard InChI is InChI=1S/C28H32FN3O4S/c1-19(27(34)30-28(2,3)4)31(18-21-10-5-6-13-22(21)29)25(33)16-9-17-32-23-14-7-11-20-12-8-15-24(26(20)23)37(32,35)36/h5-8,10-15,19H,9,16-18H2,1-4H3,(H,30,34)/t19-/m0/s1. The van der Waals surface area contributed by atoms with Gasteiger partial charge in [-0.05, 0) is 57.7 Å². The molecule has 0 aromatic heterocycles. The Morgan fingerprint density at radius 3 is 2.38 bits per heavy atom. The molecule has 3 aromatic rings. The molecule has 1 N–H and O–H groups in total. The van der Waals surface area contributed by atoms with E-state index in [1.165, 1.54) is 15.3 Å². The van der Waals surface area contributed by atoms with Gasteiger partial charge in [0.1, 0.15) is 11.9 Å². The summed E-state index contributed by atoms with van der Waals surface area (Å²) in [6.07, 6.45) is 0.240. The van der Waals surface area contributed by atoms with Crippen molar-refractivity contribution >= 4 is 38.3 Å². The lowest BCUT2D eigenvalue weighted by Crippen LogP contribution is -2.52. The molecule has 3 aromatic carbocycles. The van der Waals surface area contributed by atoms with Crippen molar-refractivity contribution in [3.63, 3.8) is 0 Å². The maximum absolute atomic E-state index is 14.4. The minimum atomic E-state index is -3.73. The number of benzene rings is 3. The van der Waals surface area contributed by atoms with Crippen molar-refractivity contribution in [1.29, 1.82) is 0 Å². The first-order valence-electron chi connectivity index (χ1n) is 12.3. The first kappa shape index (κ1) is 26.6. The maximum Gasteiger partial charge on any atom is 0.265 e. The molecule has 37 heavy (non-hydrogen) atoms. The number of rotatable bonds is 8. The SMILES string of the molecule is C[C@@H](C(=O)NC(C)(C)C)N(Cc1ccccc1F)C(=O)CCCN1c2cccc3cccc(c23)S1(=O)=O. The summed E-state index contributed by atoms with van der Waals surface area (Å²) in [5, 5.41) is 4.40. The fourth-order valence-electron chi connectivity index (χ4n) is 4.58. The molecular formula is C28H32FN3O4S. The van der Waals surface area contributed by atoms with E-state index in [0.29, 0.717) is 16.6 Å². The van der Waals surface area contributed by atoms with E-state index in [1.807, 2.05) is 39.0 Å². The lowest BCUT2D eigenvalue weighted by molar-refractivity contribution is -0.141. The number of nitrogens with one attached hydrogen (secondary N) is 1. The second kappa shape index (κ2) is 10.1. The van der Waals surface area contributed by atoms with E-state index in [4.69, 9.17) is 0 Å². The van der Waals surface area contributed by atoms with Crippen molar-refractivity contribution in [2.24, 2.45) is 0 Å². The molecule has 196 valence electrons. The van der Waals surface area contributed by atoms with Crippen molar-refractivity contribution in [3.8, 4) is 0 Å². The fourth-order valence-corrected chi connectivity index (χ4v) is 6.33. The molecule has 0 bridgehead atoms. The molecule has 0 spiro atoms. The van der Waals surface area contributed by atoms with Crippen LogP contribution in [-0.4, -0.2) is 43.3 Å². The minimum absolute atomic E-state index is 0.0000673. The van der Waals surface area contributed by atoms with Gasteiger partial charge < -0.3 is 10.2 Å². The predicted octanol–water partition coefficient (Wildman–Crippen LogP) is 4.60. The Kier molecular flexibility index (Phi) is 7.28. The minimum Gasteiger partial charge on any atom is -0.350 e. The van der Waals surface area contributed by atoms with Crippen LogP contribution in [0.15, 0.2) is 65.6 Å². The summed E-state index contributed by atoms with van der Waals surface area (Å²) in [5.74, 6) is -1.16. The van der Waals surface area contributed by atoms with E-state index < -0.39 is 27.4 Å². The van der Waals surface area contributed by atoms with Crippen LogP contribution < -0.4 is 9.62 Å². The maximum atomic E-state index is 14.4. The highest BCUT2D eigenvalue weighted by atomic mass is 32.2. The first-order valence-corrected chi connectivity index (χ1v) is 13.7. The second-order valence-electron chi connectivity index (χ2n) is 10.3. The van der Waals surface area contributed by atoms with Gasteiger partial charge in [-0.3, -0.25) is 13.9 Å². The lowest BCUT2D eigenvalue weighted by Gasteiger charge is -2.31. The normalized spacial score (nSPS) is 15.0. The van der Waals surface area contributed by atoms with Crippen LogP contribution in [0, 0.1) is 5.82 Å². The van der Waals surface area contributed by atoms with E-state index in [1.54, 1.807) is 43.3 Å². The van der Waals surface area contributed by atoms with E-state index in [2.05, 4.69) is 5.32 Å². The van der Waals surface area contributed by atoms with E-state index in [-0.39, 0.29) is 42.6 Å². The van der Waals surface area contributed by atoms with Crippen molar-refractivity contribution in [3.05, 3.63) is 72.0 Å². The van der Waals surface area contributed by atoms with Crippen LogP contribution in [-0.2, 0) is 26.2 Å². The molecule has 0 saturated heterocycles. The number of amides is 2. The smallest absolute Gasteiger partial charge is 0.265 e. The van der Waals surface area contributed by atoms with Gasteiger partial charge in [0, 0.05) is 36.0 Å². The molecule has 7 nitrogen and oxygen atoms in total. The third-order valence-electron chi connectivity index (χ3n) is 6.40. The quantitative estimate of drug-likeness (QED) is 0.466. The number of halogens is 1. The third kappa shape index (κ3) is 5.46. The van der Waals surface area contributed by atoms with E-state index >= 15 is 0 Å². The molecular weight excluding hydrogens is 493 g/mol. The lowest BCUT2D eigenvalue weighted by atomic mass is 10.1. The van der Waals surface area contributed by atoms with Gasteiger partial charge in [-0.25, -0.2) is 12.8 Å². The largest absolute Gasteiger partial charge is 0.350 e. The van der Waals surface area contributed by atoms with Gasteiger partial charge in [-0.1, -0.05) is 42.5 Å². The molecule has 1 atom stereocenters. The van der Waals surface area contributed by atoms with E-state index in [0.717, 1.165) is 5.39 Å². The van der Waals surface area contributed by atoms with Crippen molar-refractivity contribution < 1.29 is 22.4 Å². The second-order valence-corrected chi connectivity index (χ2v) is 12.2. The van der Waals surface area contributed by atoms with Gasteiger partial charge in [0.15, 0.2) is 0 Å². The van der Waals surface area contributed by atoms with Crippen LogP contribution in [0.2, 0.25) is 0 Å². The number of hydrogen-bond donors (Lipinski definition) is 1. The molecule has 2 amide bonds. The van der Waals surface area contributed by atoms with Crippen LogP contribution >= 0.6 is 0 Å². The Balaban J connectivity index is 1.51. The molecule has 0 saturated carbocycles. The number of anilines is 1. The van der Waals surface area contributed by atoms with Crippen molar-refractivity contribution in [2.75, 3.05) is 10.8 Å². The molecule has 1 heterocycles. The number of carbonyl (C=O) groups is 2. The van der Waals surface area contributed by atoms with Crippen LogP contribution in [0.5, 0.6) is 0 Å². The summed E-state index contributed by atoms with van der Waals surface area (Å²) in [5.41, 5.74) is 0.398. The monoisotopic (exact) mass is 525 g/mol. The fraction of sp³-hybridized carbons (Fsp3) is 0.357. The molecule has 0 fully saturated rings. The topological polar surface area (TPSA) is 86.8 Å². The Morgan fingerprint density at radius 2 is 1.70 bits per heavy atom. The van der Waals surface area contributed by atoms with Gasteiger partial charge >= 0.3 is 0 Å². The molecule has 9 heteroatoms. The summed E-state index contributed by atoms with van der Waals surface area (Å²) in [4.78, 5) is 27.9. The zero-order valence-corrected chi connectivity index (χ0v) is 22.3. The highest BCUT2D eigenvalue weighted by Crippen LogP contribution is 2.42. The van der Waals surface area contributed by atoms with Gasteiger partial charge in [0.05, 0.1) is 10.6 Å². The molecule has 0 radical (unpaired) electrons. The average Bonchev–Trinajstić information content (AvgIpc) is 3.05. The molecule has 0 aliphatic carbocycles. The number of hydrogen-bond acceptors (Lipinski definition) is 4. The number of nitrogens with zero attached hydrogens (tertiary/aromatic N) is 2. The van der Waals surface area contributed by atoms with Gasteiger partial charge in [0.25, 0.3) is 10.0 Å². The number of carbonyl (C=O) groups excluding carboxylic acids is 2. The summed E-state index contributed by atoms with van der Waals surface area (Å²) >= 11 is 0.